The summed E-state index contributed by atoms with van der Waals surface area (Å²) in [6.45, 7) is 10.7. The van der Waals surface area contributed by atoms with Crippen LogP contribution in [0.15, 0.2) is 24.3 Å². The number of nitrogens with zero attached hydrogens (tertiary/aromatic N) is 4. The van der Waals surface area contributed by atoms with Crippen LogP contribution in [-0.4, -0.2) is 86.3 Å². The molecule has 0 spiro atoms. The van der Waals surface area contributed by atoms with Gasteiger partial charge < -0.3 is 29.7 Å². The van der Waals surface area contributed by atoms with E-state index in [1.807, 2.05) is 31.2 Å². The van der Waals surface area contributed by atoms with Crippen LogP contribution in [-0.2, 0) is 20.6 Å². The monoisotopic (exact) mass is 482 g/mol. The Bertz CT molecular complexity index is 1020. The van der Waals surface area contributed by atoms with Crippen LogP contribution >= 0.6 is 0 Å². The number of anilines is 2. The standard InChI is InChI=1S/C25H34N6O4/c1-3-26-25(32)27-19-6-4-18(5-7-19)23-28-22-17(2)31(16-21-34-14-15-35-21)9-8-20(22)24(29-23)30-10-12-33-13-11-30/h4-7,17,21H,3,8-16H2,1-2H3,(H2,26,27,32). The highest BCUT2D eigenvalue weighted by molar-refractivity contribution is 5.89. The summed E-state index contributed by atoms with van der Waals surface area (Å²) in [5.74, 6) is 1.70. The molecule has 10 nitrogen and oxygen atoms in total. The Morgan fingerprint density at radius 3 is 2.51 bits per heavy atom. The number of benzene rings is 1. The number of rotatable bonds is 6. The zero-order valence-corrected chi connectivity index (χ0v) is 20.5. The predicted octanol–water partition coefficient (Wildman–Crippen LogP) is 2.41. The van der Waals surface area contributed by atoms with Crippen molar-refractivity contribution in [1.82, 2.24) is 20.2 Å². The van der Waals surface area contributed by atoms with Crippen LogP contribution in [0.3, 0.4) is 0 Å². The van der Waals surface area contributed by atoms with Crippen LogP contribution in [0.1, 0.15) is 31.1 Å². The Morgan fingerprint density at radius 2 is 1.80 bits per heavy atom. The summed E-state index contributed by atoms with van der Waals surface area (Å²) in [5, 5.41) is 5.58. The number of carbonyl (C=O) groups is 1. The lowest BCUT2D eigenvalue weighted by atomic mass is 9.98. The molecule has 0 radical (unpaired) electrons. The van der Waals surface area contributed by atoms with Crippen molar-refractivity contribution < 1.29 is 19.0 Å². The lowest BCUT2D eigenvalue weighted by Gasteiger charge is -2.38. The van der Waals surface area contributed by atoms with Gasteiger partial charge in [-0.3, -0.25) is 4.90 Å². The van der Waals surface area contributed by atoms with Crippen LogP contribution in [0, 0.1) is 0 Å². The highest BCUT2D eigenvalue weighted by Crippen LogP contribution is 2.36. The number of carbonyl (C=O) groups excluding carboxylic acids is 1. The fraction of sp³-hybridized carbons (Fsp3) is 0.560. The molecule has 0 bridgehead atoms. The van der Waals surface area contributed by atoms with Gasteiger partial charge in [-0.15, -0.1) is 0 Å². The van der Waals surface area contributed by atoms with E-state index in [0.717, 1.165) is 55.4 Å². The molecule has 0 saturated carbocycles. The zero-order chi connectivity index (χ0) is 24.2. The molecule has 1 unspecified atom stereocenters. The van der Waals surface area contributed by atoms with Crippen molar-refractivity contribution in [2.24, 2.45) is 0 Å². The Kier molecular flexibility index (Phi) is 7.43. The third-order valence-corrected chi connectivity index (χ3v) is 6.73. The smallest absolute Gasteiger partial charge is 0.319 e. The first kappa shape index (κ1) is 23.9. The number of urea groups is 1. The molecule has 3 aliphatic rings. The summed E-state index contributed by atoms with van der Waals surface area (Å²) in [6, 6.07) is 7.57. The van der Waals surface area contributed by atoms with Crippen LogP contribution in [0.25, 0.3) is 11.4 Å². The number of aromatic nitrogens is 2. The maximum absolute atomic E-state index is 11.9. The highest BCUT2D eigenvalue weighted by atomic mass is 16.7. The zero-order valence-electron chi connectivity index (χ0n) is 20.5. The van der Waals surface area contributed by atoms with Crippen molar-refractivity contribution in [1.29, 1.82) is 0 Å². The summed E-state index contributed by atoms with van der Waals surface area (Å²) in [6.07, 6.45) is 0.707. The summed E-state index contributed by atoms with van der Waals surface area (Å²) in [5.41, 5.74) is 3.92. The van der Waals surface area contributed by atoms with Gasteiger partial charge in [0.05, 0.1) is 38.7 Å². The van der Waals surface area contributed by atoms with Gasteiger partial charge in [0.15, 0.2) is 12.1 Å². The molecule has 2 fully saturated rings. The average Bonchev–Trinajstić information content (AvgIpc) is 3.40. The Balaban J connectivity index is 1.45. The molecule has 1 atom stereocenters. The minimum Gasteiger partial charge on any atom is -0.378 e. The molecule has 0 aliphatic carbocycles. The molecule has 5 rings (SSSR count). The fourth-order valence-corrected chi connectivity index (χ4v) is 4.85. The quantitative estimate of drug-likeness (QED) is 0.648. The molecule has 4 heterocycles. The van der Waals surface area contributed by atoms with Crippen molar-refractivity contribution in [3.8, 4) is 11.4 Å². The maximum Gasteiger partial charge on any atom is 0.319 e. The van der Waals surface area contributed by atoms with E-state index in [9.17, 15) is 4.79 Å². The van der Waals surface area contributed by atoms with Gasteiger partial charge in [0.25, 0.3) is 0 Å². The van der Waals surface area contributed by atoms with Crippen molar-refractivity contribution in [2.45, 2.75) is 32.6 Å². The second-order valence-electron chi connectivity index (χ2n) is 8.99. The number of amides is 2. The second kappa shape index (κ2) is 10.9. The lowest BCUT2D eigenvalue weighted by molar-refractivity contribution is -0.0691. The number of hydrogen-bond acceptors (Lipinski definition) is 8. The molecule has 2 saturated heterocycles. The Hall–Kier alpha value is -2.79. The lowest BCUT2D eigenvalue weighted by Crippen LogP contribution is -2.42. The number of morpholine rings is 1. The van der Waals surface area contributed by atoms with E-state index in [-0.39, 0.29) is 18.4 Å². The van der Waals surface area contributed by atoms with Crippen molar-refractivity contribution in [3.63, 3.8) is 0 Å². The van der Waals surface area contributed by atoms with E-state index < -0.39 is 0 Å². The van der Waals surface area contributed by atoms with E-state index in [0.29, 0.717) is 38.8 Å². The van der Waals surface area contributed by atoms with Crippen LogP contribution in [0.5, 0.6) is 0 Å². The number of nitrogens with one attached hydrogen (secondary N) is 2. The molecule has 35 heavy (non-hydrogen) atoms. The van der Waals surface area contributed by atoms with E-state index >= 15 is 0 Å². The SMILES string of the molecule is CCNC(=O)Nc1ccc(-c2nc3c(c(N4CCOCC4)n2)CCN(CC2OCCO2)C3C)cc1. The van der Waals surface area contributed by atoms with E-state index in [1.54, 1.807) is 0 Å². The second-order valence-corrected chi connectivity index (χ2v) is 8.99. The first-order chi connectivity index (χ1) is 17.1. The molecular formula is C25H34N6O4. The van der Waals surface area contributed by atoms with Crippen LogP contribution < -0.4 is 15.5 Å². The maximum atomic E-state index is 11.9. The van der Waals surface area contributed by atoms with Gasteiger partial charge in [0.1, 0.15) is 5.82 Å². The van der Waals surface area contributed by atoms with E-state index in [1.165, 1.54) is 5.56 Å². The fourth-order valence-electron chi connectivity index (χ4n) is 4.85. The minimum absolute atomic E-state index is 0.117. The summed E-state index contributed by atoms with van der Waals surface area (Å²) >= 11 is 0. The normalized spacial score (nSPS) is 21.1. The first-order valence-electron chi connectivity index (χ1n) is 12.5. The van der Waals surface area contributed by atoms with Gasteiger partial charge in [-0.25, -0.2) is 14.8 Å². The first-order valence-corrected chi connectivity index (χ1v) is 12.5. The molecular weight excluding hydrogens is 448 g/mol. The molecule has 1 aromatic heterocycles. The molecule has 2 N–H and O–H groups in total. The molecule has 1 aromatic carbocycles. The van der Waals surface area contributed by atoms with Crippen molar-refractivity contribution in [3.05, 3.63) is 35.5 Å². The Labute approximate surface area is 206 Å². The molecule has 10 heteroatoms. The molecule has 2 aromatic rings. The van der Waals surface area contributed by atoms with E-state index in [2.05, 4.69) is 27.4 Å². The predicted molar refractivity (Wildman–Crippen MR) is 133 cm³/mol. The van der Waals surface area contributed by atoms with Gasteiger partial charge in [0, 0.05) is 49.0 Å². The van der Waals surface area contributed by atoms with Crippen molar-refractivity contribution in [2.75, 3.05) is 69.4 Å². The van der Waals surface area contributed by atoms with Gasteiger partial charge in [-0.2, -0.15) is 0 Å². The Morgan fingerprint density at radius 1 is 1.06 bits per heavy atom. The third-order valence-electron chi connectivity index (χ3n) is 6.73. The average molecular weight is 483 g/mol. The molecule has 2 amide bonds. The summed E-state index contributed by atoms with van der Waals surface area (Å²) in [7, 11) is 0. The third kappa shape index (κ3) is 5.40. The summed E-state index contributed by atoms with van der Waals surface area (Å²) < 4.78 is 17.0. The largest absolute Gasteiger partial charge is 0.378 e. The highest BCUT2D eigenvalue weighted by Gasteiger charge is 2.33. The molecule has 3 aliphatic heterocycles. The van der Waals surface area contributed by atoms with Crippen LogP contribution in [0.4, 0.5) is 16.3 Å². The van der Waals surface area contributed by atoms with E-state index in [4.69, 9.17) is 24.2 Å². The number of ether oxygens (including phenoxy) is 3. The van der Waals surface area contributed by atoms with Gasteiger partial charge >= 0.3 is 6.03 Å². The van der Waals surface area contributed by atoms with Gasteiger partial charge in [-0.05, 0) is 44.5 Å². The van der Waals surface area contributed by atoms with Gasteiger partial charge in [0.2, 0.25) is 0 Å². The minimum atomic E-state index is -0.218. The topological polar surface area (TPSA) is 101 Å². The summed E-state index contributed by atoms with van der Waals surface area (Å²) in [4.78, 5) is 26.7. The van der Waals surface area contributed by atoms with Gasteiger partial charge in [-0.1, -0.05) is 0 Å². The number of hydrogen-bond donors (Lipinski definition) is 2. The van der Waals surface area contributed by atoms with Crippen molar-refractivity contribution >= 4 is 17.5 Å². The van der Waals surface area contributed by atoms with Crippen LogP contribution in [0.2, 0.25) is 0 Å². The number of fused-ring (bicyclic) bond motifs is 1. The molecule has 188 valence electrons.